The molecule has 1 amide bonds. The van der Waals surface area contributed by atoms with Gasteiger partial charge in [0.1, 0.15) is 5.82 Å². The summed E-state index contributed by atoms with van der Waals surface area (Å²) in [7, 11) is 0. The molecule has 27 heavy (non-hydrogen) atoms. The fourth-order valence-corrected chi connectivity index (χ4v) is 3.59. The summed E-state index contributed by atoms with van der Waals surface area (Å²) in [5.74, 6) is 1.81. The van der Waals surface area contributed by atoms with Crippen LogP contribution in [0.25, 0.3) is 11.5 Å². The van der Waals surface area contributed by atoms with Crippen molar-refractivity contribution in [2.75, 3.05) is 5.32 Å². The van der Waals surface area contributed by atoms with Gasteiger partial charge in [0, 0.05) is 30.3 Å². The fourth-order valence-electron chi connectivity index (χ4n) is 3.59. The second-order valence-electron chi connectivity index (χ2n) is 6.55. The van der Waals surface area contributed by atoms with Crippen LogP contribution in [0.4, 0.5) is 5.82 Å². The van der Waals surface area contributed by atoms with E-state index in [1.54, 1.807) is 21.6 Å². The molecule has 0 saturated heterocycles. The third kappa shape index (κ3) is 2.39. The van der Waals surface area contributed by atoms with Gasteiger partial charge in [0.15, 0.2) is 17.3 Å². The van der Waals surface area contributed by atoms with Crippen LogP contribution in [0.1, 0.15) is 35.0 Å². The lowest BCUT2D eigenvalue weighted by molar-refractivity contribution is -0.116. The van der Waals surface area contributed by atoms with Gasteiger partial charge in [-0.15, -0.1) is 15.3 Å². The van der Waals surface area contributed by atoms with E-state index in [1.165, 1.54) is 0 Å². The minimum atomic E-state index is -0.0640. The predicted molar refractivity (Wildman–Crippen MR) is 96.7 cm³/mol. The lowest BCUT2D eigenvalue weighted by Crippen LogP contribution is -2.25. The summed E-state index contributed by atoms with van der Waals surface area (Å²) in [6.07, 6.45) is 3.86. The van der Waals surface area contributed by atoms with Crippen LogP contribution in [-0.2, 0) is 4.79 Å². The molecule has 1 aliphatic rings. The van der Waals surface area contributed by atoms with E-state index >= 15 is 0 Å². The number of carbonyl (C=O) groups is 1. The summed E-state index contributed by atoms with van der Waals surface area (Å²) in [6.45, 7) is 3.78. The Kier molecular flexibility index (Phi) is 3.30. The van der Waals surface area contributed by atoms with Crippen LogP contribution in [0, 0.1) is 13.8 Å². The number of pyridine rings is 1. The number of rotatable bonds is 2. The number of hydrogen-bond acceptors (Lipinski definition) is 6. The number of amides is 1. The number of hydrogen-bond donors (Lipinski definition) is 1. The lowest BCUT2D eigenvalue weighted by atomic mass is 9.86. The largest absolute Gasteiger partial charge is 0.310 e. The molecule has 1 N–H and O–H groups in total. The zero-order chi connectivity index (χ0) is 18.5. The van der Waals surface area contributed by atoms with Crippen LogP contribution in [0.5, 0.6) is 0 Å². The maximum atomic E-state index is 12.4. The van der Waals surface area contributed by atoms with Gasteiger partial charge in [0.05, 0.1) is 5.69 Å². The van der Waals surface area contributed by atoms with Gasteiger partial charge in [-0.2, -0.15) is 14.3 Å². The van der Waals surface area contributed by atoms with Gasteiger partial charge in [0.2, 0.25) is 5.91 Å². The molecule has 1 atom stereocenters. The summed E-state index contributed by atoms with van der Waals surface area (Å²) in [5, 5.41) is 20.3. The first kappa shape index (κ1) is 15.6. The first-order valence-corrected chi connectivity index (χ1v) is 8.60. The van der Waals surface area contributed by atoms with E-state index in [0.717, 1.165) is 16.8 Å². The normalized spacial score (nSPS) is 16.4. The van der Waals surface area contributed by atoms with Gasteiger partial charge < -0.3 is 5.32 Å². The third-order valence-corrected chi connectivity index (χ3v) is 4.83. The summed E-state index contributed by atoms with van der Waals surface area (Å²) in [5.41, 5.74) is 3.56. The quantitative estimate of drug-likeness (QED) is 0.585. The molecule has 9 nitrogen and oxygen atoms in total. The Morgan fingerprint density at radius 1 is 1.07 bits per heavy atom. The van der Waals surface area contributed by atoms with Gasteiger partial charge >= 0.3 is 0 Å². The molecule has 4 aromatic heterocycles. The van der Waals surface area contributed by atoms with E-state index in [2.05, 4.69) is 30.7 Å². The smallest absolute Gasteiger partial charge is 0.226 e. The molecule has 5 rings (SSSR count). The Hall–Kier alpha value is -3.62. The molecule has 0 aliphatic carbocycles. The van der Waals surface area contributed by atoms with Crippen molar-refractivity contribution >= 4 is 17.4 Å². The van der Waals surface area contributed by atoms with Crippen LogP contribution in [0.2, 0.25) is 0 Å². The molecular formula is C18H16N8O. The third-order valence-electron chi connectivity index (χ3n) is 4.83. The molecule has 4 aromatic rings. The Morgan fingerprint density at radius 2 is 1.89 bits per heavy atom. The monoisotopic (exact) mass is 360 g/mol. The molecule has 0 unspecified atom stereocenters. The van der Waals surface area contributed by atoms with E-state index in [9.17, 15) is 4.79 Å². The SMILES string of the molecule is Cc1nn(-c2ccc3nnc(C)n3n2)c2c1[C@@H](c1ccncc1)CC(=O)N2. The van der Waals surface area contributed by atoms with Crippen molar-refractivity contribution in [1.29, 1.82) is 0 Å². The van der Waals surface area contributed by atoms with Crippen LogP contribution in [-0.4, -0.2) is 40.5 Å². The highest BCUT2D eigenvalue weighted by Crippen LogP contribution is 2.39. The molecule has 5 heterocycles. The molecule has 9 heteroatoms. The first-order valence-electron chi connectivity index (χ1n) is 8.60. The fraction of sp³-hybridized carbons (Fsp3) is 0.222. The zero-order valence-electron chi connectivity index (χ0n) is 14.8. The molecule has 1 aliphatic heterocycles. The van der Waals surface area contributed by atoms with Crippen LogP contribution in [0.15, 0.2) is 36.7 Å². The van der Waals surface area contributed by atoms with Crippen molar-refractivity contribution in [3.8, 4) is 5.82 Å². The van der Waals surface area contributed by atoms with E-state index in [-0.39, 0.29) is 11.8 Å². The molecule has 0 bridgehead atoms. The van der Waals surface area contributed by atoms with E-state index in [0.29, 0.717) is 29.5 Å². The maximum Gasteiger partial charge on any atom is 0.226 e. The van der Waals surface area contributed by atoms with Gasteiger partial charge in [-0.3, -0.25) is 9.78 Å². The molecule has 134 valence electrons. The van der Waals surface area contributed by atoms with Crippen molar-refractivity contribution in [2.45, 2.75) is 26.2 Å². The Bertz CT molecular complexity index is 1180. The highest BCUT2D eigenvalue weighted by Gasteiger charge is 2.33. The van der Waals surface area contributed by atoms with Gasteiger partial charge in [-0.25, -0.2) is 0 Å². The number of fused-ring (bicyclic) bond motifs is 2. The van der Waals surface area contributed by atoms with Crippen LogP contribution in [0.3, 0.4) is 0 Å². The molecule has 0 fully saturated rings. The van der Waals surface area contributed by atoms with Crippen LogP contribution >= 0.6 is 0 Å². The van der Waals surface area contributed by atoms with E-state index in [1.807, 2.05) is 38.1 Å². The first-order chi connectivity index (χ1) is 13.1. The lowest BCUT2D eigenvalue weighted by Gasteiger charge is -2.24. The number of anilines is 1. The summed E-state index contributed by atoms with van der Waals surface area (Å²) < 4.78 is 3.33. The molecule has 0 radical (unpaired) electrons. The maximum absolute atomic E-state index is 12.4. The van der Waals surface area contributed by atoms with Gasteiger partial charge in [0.25, 0.3) is 0 Å². The molecule has 0 saturated carbocycles. The number of aryl methyl sites for hydroxylation is 2. The van der Waals surface area contributed by atoms with Crippen molar-refractivity contribution in [3.05, 3.63) is 59.3 Å². The number of nitrogens with zero attached hydrogens (tertiary/aromatic N) is 7. The Morgan fingerprint density at radius 3 is 2.70 bits per heavy atom. The number of aromatic nitrogens is 7. The molecule has 0 aromatic carbocycles. The van der Waals surface area contributed by atoms with Crippen molar-refractivity contribution in [3.63, 3.8) is 0 Å². The van der Waals surface area contributed by atoms with Gasteiger partial charge in [-0.1, -0.05) is 0 Å². The van der Waals surface area contributed by atoms with Gasteiger partial charge in [-0.05, 0) is 43.7 Å². The average molecular weight is 360 g/mol. The molecular weight excluding hydrogens is 344 g/mol. The van der Waals surface area contributed by atoms with Crippen molar-refractivity contribution in [2.24, 2.45) is 0 Å². The topological polar surface area (TPSA) is 103 Å². The van der Waals surface area contributed by atoms with E-state index < -0.39 is 0 Å². The second-order valence-corrected chi connectivity index (χ2v) is 6.55. The number of nitrogens with one attached hydrogen (secondary N) is 1. The Balaban J connectivity index is 1.69. The Labute approximate surface area is 154 Å². The second kappa shape index (κ2) is 5.70. The molecule has 0 spiro atoms. The number of carbonyl (C=O) groups excluding carboxylic acids is 1. The summed E-state index contributed by atoms with van der Waals surface area (Å²) in [6, 6.07) is 7.53. The average Bonchev–Trinajstić information content (AvgIpc) is 3.22. The summed E-state index contributed by atoms with van der Waals surface area (Å²) in [4.78, 5) is 16.5. The predicted octanol–water partition coefficient (Wildman–Crippen LogP) is 1.80. The minimum Gasteiger partial charge on any atom is -0.310 e. The zero-order valence-corrected chi connectivity index (χ0v) is 14.8. The van der Waals surface area contributed by atoms with Crippen LogP contribution < -0.4 is 5.32 Å². The minimum absolute atomic E-state index is 0.0491. The summed E-state index contributed by atoms with van der Waals surface area (Å²) >= 11 is 0. The standard InChI is InChI=1S/C18H16N8O/c1-10-17-13(12-5-7-19-8-6-12)9-16(27)20-18(17)26(23-10)15-4-3-14-22-21-11(2)25(14)24-15/h3-8,13H,9H2,1-2H3,(H,20,27)/t13-/m1/s1. The van der Waals surface area contributed by atoms with E-state index in [4.69, 9.17) is 0 Å². The highest BCUT2D eigenvalue weighted by molar-refractivity contribution is 5.95. The van der Waals surface area contributed by atoms with Crippen molar-refractivity contribution in [1.82, 2.24) is 34.6 Å². The highest BCUT2D eigenvalue weighted by atomic mass is 16.1. The van der Waals surface area contributed by atoms with Crippen molar-refractivity contribution < 1.29 is 4.79 Å².